The predicted molar refractivity (Wildman–Crippen MR) is 72.9 cm³/mol. The van der Waals surface area contributed by atoms with E-state index in [4.69, 9.17) is 5.73 Å². The smallest absolute Gasteiger partial charge is 0.236 e. The van der Waals surface area contributed by atoms with Crippen molar-refractivity contribution in [3.63, 3.8) is 0 Å². The van der Waals surface area contributed by atoms with Gasteiger partial charge >= 0.3 is 0 Å². The van der Waals surface area contributed by atoms with E-state index in [0.29, 0.717) is 6.04 Å². The maximum atomic E-state index is 11.5. The van der Waals surface area contributed by atoms with E-state index >= 15 is 0 Å². The number of amides is 1. The van der Waals surface area contributed by atoms with Crippen LogP contribution in [0.3, 0.4) is 0 Å². The molecule has 0 spiro atoms. The summed E-state index contributed by atoms with van der Waals surface area (Å²) in [5, 5.41) is 2.89. The molecule has 0 aliphatic carbocycles. The Morgan fingerprint density at radius 3 is 2.53 bits per heavy atom. The van der Waals surface area contributed by atoms with Crippen LogP contribution in [0.25, 0.3) is 0 Å². The zero-order valence-electron chi connectivity index (χ0n) is 11.8. The molecule has 0 aromatic carbocycles. The number of unbranched alkanes of at least 4 members (excludes halogenated alkanes) is 1. The number of hydrogen-bond acceptors (Lipinski definition) is 3. The van der Waals surface area contributed by atoms with Crippen LogP contribution in [0.2, 0.25) is 0 Å². The number of nitrogens with zero attached hydrogens (tertiary/aromatic N) is 1. The third-order valence-corrected chi connectivity index (χ3v) is 3.05. The Labute approximate surface area is 106 Å². The van der Waals surface area contributed by atoms with Crippen LogP contribution < -0.4 is 11.1 Å². The van der Waals surface area contributed by atoms with Crippen LogP contribution in [0.4, 0.5) is 0 Å². The van der Waals surface area contributed by atoms with Gasteiger partial charge in [0.25, 0.3) is 0 Å². The Hall–Kier alpha value is -0.610. The van der Waals surface area contributed by atoms with E-state index < -0.39 is 0 Å². The highest BCUT2D eigenvalue weighted by Crippen LogP contribution is 1.98. The lowest BCUT2D eigenvalue weighted by Crippen LogP contribution is -2.40. The molecule has 1 atom stereocenters. The number of nitrogens with one attached hydrogen (secondary N) is 1. The lowest BCUT2D eigenvalue weighted by atomic mass is 10.1. The van der Waals surface area contributed by atoms with Gasteiger partial charge in [0.1, 0.15) is 0 Å². The number of rotatable bonds is 9. The quantitative estimate of drug-likeness (QED) is 0.601. The van der Waals surface area contributed by atoms with Crippen LogP contribution in [0.5, 0.6) is 0 Å². The molecule has 0 saturated heterocycles. The molecule has 0 aliphatic rings. The van der Waals surface area contributed by atoms with E-state index in [1.54, 1.807) is 0 Å². The molecule has 0 fully saturated rings. The molecule has 0 heterocycles. The normalized spacial score (nSPS) is 13.1. The fourth-order valence-electron chi connectivity index (χ4n) is 1.53. The summed E-state index contributed by atoms with van der Waals surface area (Å²) in [7, 11) is 2.13. The fraction of sp³-hybridized carbons (Fsp3) is 0.923. The zero-order valence-corrected chi connectivity index (χ0v) is 11.8. The first-order chi connectivity index (χ1) is 7.99. The average molecular weight is 243 g/mol. The van der Waals surface area contributed by atoms with Crippen LogP contribution in [0.1, 0.15) is 46.5 Å². The summed E-state index contributed by atoms with van der Waals surface area (Å²) in [6.45, 7) is 8.22. The standard InChI is InChI=1S/C13H29N3O/c1-5-8-12(14)13(17)15-9-6-7-10-16(4)11(2)3/h11-12H,5-10,14H2,1-4H3,(H,15,17)/t12-/m1/s1. The minimum atomic E-state index is -0.335. The summed E-state index contributed by atoms with van der Waals surface area (Å²) in [5.74, 6) is -0.0101. The van der Waals surface area contributed by atoms with Crippen LogP contribution in [-0.2, 0) is 4.79 Å². The highest BCUT2D eigenvalue weighted by molar-refractivity contribution is 5.81. The maximum absolute atomic E-state index is 11.5. The summed E-state index contributed by atoms with van der Waals surface area (Å²) in [6, 6.07) is 0.251. The highest BCUT2D eigenvalue weighted by Gasteiger charge is 2.10. The topological polar surface area (TPSA) is 58.4 Å². The predicted octanol–water partition coefficient (Wildman–Crippen LogP) is 1.35. The van der Waals surface area contributed by atoms with Crippen molar-refractivity contribution >= 4 is 5.91 Å². The molecule has 0 radical (unpaired) electrons. The first-order valence-corrected chi connectivity index (χ1v) is 6.72. The van der Waals surface area contributed by atoms with Crippen molar-refractivity contribution in [1.82, 2.24) is 10.2 Å². The van der Waals surface area contributed by atoms with Crippen molar-refractivity contribution in [3.05, 3.63) is 0 Å². The molecular formula is C13H29N3O. The van der Waals surface area contributed by atoms with Crippen molar-refractivity contribution in [2.75, 3.05) is 20.1 Å². The number of hydrogen-bond donors (Lipinski definition) is 2. The molecule has 102 valence electrons. The van der Waals surface area contributed by atoms with Gasteiger partial charge in [0.2, 0.25) is 5.91 Å². The number of carbonyl (C=O) groups is 1. The second-order valence-electron chi connectivity index (χ2n) is 4.97. The molecule has 0 aliphatic heterocycles. The Bertz CT molecular complexity index is 207. The molecule has 0 unspecified atom stereocenters. The summed E-state index contributed by atoms with van der Waals surface area (Å²) in [6.07, 6.45) is 3.84. The van der Waals surface area contributed by atoms with Crippen molar-refractivity contribution in [2.45, 2.75) is 58.5 Å². The van der Waals surface area contributed by atoms with E-state index in [9.17, 15) is 4.79 Å². The minimum Gasteiger partial charge on any atom is -0.355 e. The highest BCUT2D eigenvalue weighted by atomic mass is 16.2. The molecular weight excluding hydrogens is 214 g/mol. The summed E-state index contributed by atoms with van der Waals surface area (Å²) < 4.78 is 0. The van der Waals surface area contributed by atoms with E-state index in [-0.39, 0.29) is 11.9 Å². The van der Waals surface area contributed by atoms with E-state index in [0.717, 1.165) is 38.8 Å². The van der Waals surface area contributed by atoms with E-state index in [1.807, 2.05) is 6.92 Å². The largest absolute Gasteiger partial charge is 0.355 e. The van der Waals surface area contributed by atoms with Crippen molar-refractivity contribution in [1.29, 1.82) is 0 Å². The third-order valence-electron chi connectivity index (χ3n) is 3.05. The molecule has 17 heavy (non-hydrogen) atoms. The molecule has 0 saturated carbocycles. The van der Waals surface area contributed by atoms with Crippen molar-refractivity contribution < 1.29 is 4.79 Å². The second-order valence-corrected chi connectivity index (χ2v) is 4.97. The van der Waals surface area contributed by atoms with Gasteiger partial charge in [-0.3, -0.25) is 4.79 Å². The molecule has 0 aromatic rings. The molecule has 3 N–H and O–H groups in total. The lowest BCUT2D eigenvalue weighted by molar-refractivity contribution is -0.122. The molecule has 4 nitrogen and oxygen atoms in total. The lowest BCUT2D eigenvalue weighted by Gasteiger charge is -2.20. The summed E-state index contributed by atoms with van der Waals surface area (Å²) in [4.78, 5) is 13.8. The second kappa shape index (κ2) is 9.42. The van der Waals surface area contributed by atoms with Gasteiger partial charge in [0.15, 0.2) is 0 Å². The van der Waals surface area contributed by atoms with Gasteiger partial charge in [-0.2, -0.15) is 0 Å². The molecule has 4 heteroatoms. The van der Waals surface area contributed by atoms with Crippen LogP contribution >= 0.6 is 0 Å². The average Bonchev–Trinajstić information content (AvgIpc) is 2.28. The fourth-order valence-corrected chi connectivity index (χ4v) is 1.53. The van der Waals surface area contributed by atoms with Gasteiger partial charge in [-0.25, -0.2) is 0 Å². The van der Waals surface area contributed by atoms with Crippen LogP contribution in [0.15, 0.2) is 0 Å². The summed E-state index contributed by atoms with van der Waals surface area (Å²) in [5.41, 5.74) is 5.71. The molecule has 1 amide bonds. The summed E-state index contributed by atoms with van der Waals surface area (Å²) >= 11 is 0. The van der Waals surface area contributed by atoms with Gasteiger partial charge in [-0.15, -0.1) is 0 Å². The Balaban J connectivity index is 3.48. The third kappa shape index (κ3) is 8.16. The number of carbonyl (C=O) groups excluding carboxylic acids is 1. The number of nitrogens with two attached hydrogens (primary N) is 1. The van der Waals surface area contributed by atoms with Crippen LogP contribution in [0, 0.1) is 0 Å². The first kappa shape index (κ1) is 16.4. The van der Waals surface area contributed by atoms with Gasteiger partial charge in [0, 0.05) is 12.6 Å². The molecule has 0 bridgehead atoms. The van der Waals surface area contributed by atoms with Gasteiger partial charge < -0.3 is 16.0 Å². The van der Waals surface area contributed by atoms with Gasteiger partial charge in [0.05, 0.1) is 6.04 Å². The molecule has 0 rings (SSSR count). The Morgan fingerprint density at radius 2 is 2.00 bits per heavy atom. The maximum Gasteiger partial charge on any atom is 0.236 e. The van der Waals surface area contributed by atoms with Gasteiger partial charge in [-0.1, -0.05) is 13.3 Å². The minimum absolute atomic E-state index is 0.0101. The Morgan fingerprint density at radius 1 is 1.35 bits per heavy atom. The molecule has 0 aromatic heterocycles. The SMILES string of the molecule is CCC[C@@H](N)C(=O)NCCCCN(C)C(C)C. The van der Waals surface area contributed by atoms with Crippen LogP contribution in [-0.4, -0.2) is 43.0 Å². The van der Waals surface area contributed by atoms with Gasteiger partial charge in [-0.05, 0) is 46.7 Å². The van der Waals surface area contributed by atoms with E-state index in [2.05, 4.69) is 31.1 Å². The zero-order chi connectivity index (χ0) is 13.3. The van der Waals surface area contributed by atoms with Crippen molar-refractivity contribution in [2.24, 2.45) is 5.73 Å². The Kier molecular flexibility index (Phi) is 9.09. The van der Waals surface area contributed by atoms with E-state index in [1.165, 1.54) is 0 Å². The van der Waals surface area contributed by atoms with Crippen molar-refractivity contribution in [3.8, 4) is 0 Å². The first-order valence-electron chi connectivity index (χ1n) is 6.72. The monoisotopic (exact) mass is 243 g/mol.